The molecule has 1 aromatic heterocycles. The third kappa shape index (κ3) is 5.22. The number of phenolic OH excluding ortho intramolecular Hbond substituents is 1. The summed E-state index contributed by atoms with van der Waals surface area (Å²) in [5.74, 6) is -0.670. The van der Waals surface area contributed by atoms with Gasteiger partial charge >= 0.3 is 7.12 Å². The Morgan fingerprint density at radius 2 is 1.86 bits per heavy atom. The number of aromatic hydroxyl groups is 1. The van der Waals surface area contributed by atoms with E-state index in [9.17, 15) is 19.7 Å². The lowest BCUT2D eigenvalue weighted by Crippen LogP contribution is -2.50. The van der Waals surface area contributed by atoms with Crippen LogP contribution in [0.15, 0.2) is 71.9 Å². The summed E-state index contributed by atoms with van der Waals surface area (Å²) in [6, 6.07) is 16.5. The number of methoxy groups -OCH3 is 1. The maximum Gasteiger partial charge on any atom is 0.455 e. The summed E-state index contributed by atoms with van der Waals surface area (Å²) in [5.41, 5.74) is 5.74. The molecule has 7 nitrogen and oxygen atoms in total. The number of hydrogen-bond acceptors (Lipinski definition) is 7. The fourth-order valence-electron chi connectivity index (χ4n) is 6.97. The highest BCUT2D eigenvalue weighted by atomic mass is 127. The zero-order chi connectivity index (χ0) is 29.5. The highest BCUT2D eigenvalue weighted by Crippen LogP contribution is 2.51. The van der Waals surface area contributed by atoms with E-state index in [-0.39, 0.29) is 23.2 Å². The minimum atomic E-state index is -1.03. The molecule has 1 saturated heterocycles. The summed E-state index contributed by atoms with van der Waals surface area (Å²) in [6.45, 7) is 2.03. The molecule has 3 aliphatic rings. The Hall–Kier alpha value is -3.28. The fourth-order valence-corrected chi connectivity index (χ4v) is 7.60. The van der Waals surface area contributed by atoms with Gasteiger partial charge in [-0.05, 0) is 108 Å². The monoisotopic (exact) mass is 675 g/mol. The lowest BCUT2D eigenvalue weighted by atomic mass is 9.54. The Labute approximate surface area is 259 Å². The lowest BCUT2D eigenvalue weighted by molar-refractivity contribution is 0.0602. The van der Waals surface area contributed by atoms with Crippen molar-refractivity contribution in [3.63, 3.8) is 0 Å². The zero-order valence-corrected chi connectivity index (χ0v) is 25.6. The first kappa shape index (κ1) is 28.8. The maximum absolute atomic E-state index is 13.8. The van der Waals surface area contributed by atoms with Gasteiger partial charge in [-0.1, -0.05) is 35.9 Å². The van der Waals surface area contributed by atoms with Crippen molar-refractivity contribution in [1.82, 2.24) is 4.98 Å². The third-order valence-corrected chi connectivity index (χ3v) is 9.61. The highest BCUT2D eigenvalue weighted by molar-refractivity contribution is 14.1. The van der Waals surface area contributed by atoms with Gasteiger partial charge in [0.2, 0.25) is 0 Å². The minimum absolute atomic E-state index is 0.0111. The van der Waals surface area contributed by atoms with E-state index in [0.29, 0.717) is 46.0 Å². The van der Waals surface area contributed by atoms with Gasteiger partial charge in [-0.2, -0.15) is 0 Å². The van der Waals surface area contributed by atoms with Gasteiger partial charge in [-0.15, -0.1) is 0 Å². The van der Waals surface area contributed by atoms with Gasteiger partial charge in [-0.3, -0.25) is 14.6 Å². The molecule has 2 aliphatic carbocycles. The van der Waals surface area contributed by atoms with Gasteiger partial charge in [0.15, 0.2) is 23.1 Å². The van der Waals surface area contributed by atoms with Crippen LogP contribution in [0, 0.1) is 21.3 Å². The number of halogens is 1. The van der Waals surface area contributed by atoms with Crippen LogP contribution in [0.5, 0.6) is 11.5 Å². The van der Waals surface area contributed by atoms with E-state index in [2.05, 4.69) is 27.6 Å². The Bertz CT molecular complexity index is 1620. The van der Waals surface area contributed by atoms with E-state index in [4.69, 9.17) is 9.39 Å². The molecule has 3 aromatic rings. The molecule has 2 heterocycles. The number of allylic oxidation sites excluding steroid dienone is 2. The number of aromatic nitrogens is 1. The van der Waals surface area contributed by atoms with Gasteiger partial charge in [0.1, 0.15) is 0 Å². The van der Waals surface area contributed by atoms with Crippen LogP contribution in [0.25, 0.3) is 11.6 Å². The fraction of sp³-hybridized carbons (Fsp3) is 0.303. The molecule has 1 fully saturated rings. The molecule has 2 N–H and O–H groups in total. The SMILES string of the molecule is COc1cc(/C=C(/CC[C@H]2OB(O)C[C@H]3C2=C(C)C[C@H]2C(=O)c4ccccc4C(=O)[C@H]23)c2ccccn2)cc(I)c1O. The van der Waals surface area contributed by atoms with Crippen LogP contribution in [0.1, 0.15) is 58.2 Å². The molecular formula is C33H31BINO6. The minimum Gasteiger partial charge on any atom is -0.504 e. The molecule has 0 amide bonds. The number of ketones is 2. The van der Waals surface area contributed by atoms with E-state index in [1.165, 1.54) is 7.11 Å². The van der Waals surface area contributed by atoms with Crippen LogP contribution in [0.2, 0.25) is 6.32 Å². The molecule has 42 heavy (non-hydrogen) atoms. The molecule has 6 rings (SSSR count). The Balaban J connectivity index is 1.33. The van der Waals surface area contributed by atoms with Gasteiger partial charge in [0.25, 0.3) is 0 Å². The second-order valence-corrected chi connectivity index (χ2v) is 12.4. The largest absolute Gasteiger partial charge is 0.504 e. The highest BCUT2D eigenvalue weighted by Gasteiger charge is 2.53. The smallest absolute Gasteiger partial charge is 0.455 e. The van der Waals surface area contributed by atoms with E-state index in [1.54, 1.807) is 36.5 Å². The van der Waals surface area contributed by atoms with Gasteiger partial charge in [0.05, 0.1) is 22.5 Å². The molecule has 4 atom stereocenters. The van der Waals surface area contributed by atoms with Crippen molar-refractivity contribution in [3.05, 3.63) is 97.9 Å². The number of nitrogens with zero attached hydrogens (tertiary/aromatic N) is 1. The van der Waals surface area contributed by atoms with Gasteiger partial charge in [0, 0.05) is 29.2 Å². The summed E-state index contributed by atoms with van der Waals surface area (Å²) in [6.07, 6.45) is 5.33. The summed E-state index contributed by atoms with van der Waals surface area (Å²) in [7, 11) is 0.495. The van der Waals surface area contributed by atoms with Crippen LogP contribution < -0.4 is 4.74 Å². The normalized spacial score (nSPS) is 23.8. The number of pyridine rings is 1. The lowest BCUT2D eigenvalue weighted by Gasteiger charge is -2.47. The van der Waals surface area contributed by atoms with E-state index in [0.717, 1.165) is 28.0 Å². The third-order valence-electron chi connectivity index (χ3n) is 8.79. The van der Waals surface area contributed by atoms with Crippen LogP contribution in [-0.4, -0.2) is 47.0 Å². The van der Waals surface area contributed by atoms with Crippen LogP contribution in [-0.2, 0) is 4.65 Å². The van der Waals surface area contributed by atoms with Crippen molar-refractivity contribution < 1.29 is 29.1 Å². The van der Waals surface area contributed by atoms with Crippen molar-refractivity contribution in [2.75, 3.05) is 7.11 Å². The average molecular weight is 675 g/mol. The number of phenols is 1. The Morgan fingerprint density at radius 3 is 2.57 bits per heavy atom. The van der Waals surface area contributed by atoms with E-state index in [1.807, 2.05) is 37.3 Å². The number of fused-ring (bicyclic) bond motifs is 4. The number of benzene rings is 2. The predicted octanol–water partition coefficient (Wildman–Crippen LogP) is 6.25. The molecular weight excluding hydrogens is 644 g/mol. The van der Waals surface area contributed by atoms with E-state index < -0.39 is 25.1 Å². The topological polar surface area (TPSA) is 106 Å². The molecule has 0 unspecified atom stereocenters. The van der Waals surface area contributed by atoms with Crippen molar-refractivity contribution in [2.45, 2.75) is 38.6 Å². The van der Waals surface area contributed by atoms with Crippen molar-refractivity contribution in [2.24, 2.45) is 17.8 Å². The predicted molar refractivity (Wildman–Crippen MR) is 169 cm³/mol. The van der Waals surface area contributed by atoms with Crippen molar-refractivity contribution >= 4 is 52.9 Å². The van der Waals surface area contributed by atoms with Crippen LogP contribution in [0.3, 0.4) is 0 Å². The van der Waals surface area contributed by atoms with Crippen LogP contribution in [0.4, 0.5) is 0 Å². The zero-order valence-electron chi connectivity index (χ0n) is 23.4. The van der Waals surface area contributed by atoms with Gasteiger partial charge in [-0.25, -0.2) is 0 Å². The molecule has 2 aromatic carbocycles. The quantitative estimate of drug-likeness (QED) is 0.181. The number of hydrogen-bond donors (Lipinski definition) is 2. The standard InChI is InChI=1S/C33H31BINO6/c1-18-13-23-30(32(38)22-8-4-3-7-21(22)31(23)37)24-17-34(40)42-27(29(18)24)11-10-20(26-9-5-6-12-36-26)14-19-15-25(35)33(39)28(16-19)41-2/h3-9,12,14-16,23-24,27,30,39-40H,10-11,13,17H2,1-2H3/b20-14-/t23-,24+,27-,30-/m1/s1. The molecule has 0 bridgehead atoms. The Morgan fingerprint density at radius 1 is 1.12 bits per heavy atom. The summed E-state index contributed by atoms with van der Waals surface area (Å²) < 4.78 is 12.2. The summed E-state index contributed by atoms with van der Waals surface area (Å²) in [4.78, 5) is 31.9. The summed E-state index contributed by atoms with van der Waals surface area (Å²) >= 11 is 2.08. The maximum atomic E-state index is 13.8. The average Bonchev–Trinajstić information content (AvgIpc) is 2.99. The van der Waals surface area contributed by atoms with Crippen LogP contribution >= 0.6 is 22.6 Å². The Kier molecular flexibility index (Phi) is 8.08. The second-order valence-electron chi connectivity index (χ2n) is 11.2. The number of carbonyl (C=O) groups is 2. The molecule has 9 heteroatoms. The first-order chi connectivity index (χ1) is 20.3. The molecule has 1 aliphatic heterocycles. The van der Waals surface area contributed by atoms with Gasteiger partial charge < -0.3 is 19.5 Å². The second kappa shape index (κ2) is 11.8. The number of rotatable bonds is 6. The van der Waals surface area contributed by atoms with Crippen molar-refractivity contribution in [3.8, 4) is 11.5 Å². The molecule has 0 radical (unpaired) electrons. The first-order valence-corrected chi connectivity index (χ1v) is 15.2. The number of Topliss-reactive ketones (excluding diaryl/α,β-unsaturated/α-hetero) is 2. The molecule has 214 valence electrons. The number of ether oxygens (including phenoxy) is 1. The first-order valence-electron chi connectivity index (χ1n) is 14.2. The number of carbonyl (C=O) groups excluding carboxylic acids is 2. The summed E-state index contributed by atoms with van der Waals surface area (Å²) in [5, 5.41) is 21.2. The molecule has 0 spiro atoms. The molecule has 0 saturated carbocycles. The van der Waals surface area contributed by atoms with E-state index >= 15 is 0 Å². The van der Waals surface area contributed by atoms with Crippen molar-refractivity contribution in [1.29, 1.82) is 0 Å².